The Morgan fingerprint density at radius 3 is 2.64 bits per heavy atom. The average Bonchev–Trinajstić information content (AvgIpc) is 2.15. The van der Waals surface area contributed by atoms with Gasteiger partial charge in [0.15, 0.2) is 5.78 Å². The lowest BCUT2D eigenvalue weighted by Crippen LogP contribution is -2.42. The van der Waals surface area contributed by atoms with Gasteiger partial charge in [-0.3, -0.25) is 4.79 Å². The van der Waals surface area contributed by atoms with Crippen LogP contribution in [0.4, 0.5) is 0 Å². The van der Waals surface area contributed by atoms with E-state index < -0.39 is 0 Å². The number of carbonyl (C=O) groups is 1. The van der Waals surface area contributed by atoms with Crippen LogP contribution in [0.2, 0.25) is 0 Å². The van der Waals surface area contributed by atoms with Crippen LogP contribution in [-0.4, -0.2) is 19.0 Å². The normalized spacial score (nSPS) is 21.0. The number of carbonyl (C=O) groups excluding carboxylic acids is 1. The first kappa shape index (κ1) is 11.4. The summed E-state index contributed by atoms with van der Waals surface area (Å²) >= 11 is 0. The molecule has 0 bridgehead atoms. The highest BCUT2D eigenvalue weighted by Crippen LogP contribution is 2.37. The zero-order valence-corrected chi connectivity index (χ0v) is 9.21. The van der Waals surface area contributed by atoms with Gasteiger partial charge in [-0.1, -0.05) is 20.4 Å². The SMILES string of the molecule is C=CC(=O)C(C)CCC1(CC)COC1. The van der Waals surface area contributed by atoms with E-state index in [1.807, 2.05) is 6.92 Å². The van der Waals surface area contributed by atoms with Gasteiger partial charge in [-0.2, -0.15) is 0 Å². The molecular formula is C12H20O2. The standard InChI is InChI=1S/C12H20O2/c1-4-11(13)10(3)6-7-12(5-2)8-14-9-12/h4,10H,1,5-9H2,2-3H3. The second-order valence-electron chi connectivity index (χ2n) is 4.39. The highest BCUT2D eigenvalue weighted by atomic mass is 16.5. The minimum Gasteiger partial charge on any atom is -0.380 e. The summed E-state index contributed by atoms with van der Waals surface area (Å²) in [5.41, 5.74) is 0.371. The van der Waals surface area contributed by atoms with Gasteiger partial charge in [0, 0.05) is 11.3 Å². The van der Waals surface area contributed by atoms with E-state index in [-0.39, 0.29) is 11.7 Å². The van der Waals surface area contributed by atoms with E-state index in [2.05, 4.69) is 13.5 Å². The second-order valence-corrected chi connectivity index (χ2v) is 4.39. The van der Waals surface area contributed by atoms with Crippen molar-refractivity contribution in [3.63, 3.8) is 0 Å². The second kappa shape index (κ2) is 4.74. The molecule has 1 heterocycles. The average molecular weight is 196 g/mol. The molecule has 1 aliphatic heterocycles. The molecule has 0 aromatic rings. The summed E-state index contributed by atoms with van der Waals surface area (Å²) in [6.07, 6.45) is 4.65. The van der Waals surface area contributed by atoms with Crippen LogP contribution >= 0.6 is 0 Å². The van der Waals surface area contributed by atoms with Crippen molar-refractivity contribution in [2.24, 2.45) is 11.3 Å². The molecule has 0 aliphatic carbocycles. The molecular weight excluding hydrogens is 176 g/mol. The third kappa shape index (κ3) is 2.44. The van der Waals surface area contributed by atoms with Crippen molar-refractivity contribution >= 4 is 5.78 Å². The first-order valence-electron chi connectivity index (χ1n) is 5.37. The number of hydrogen-bond donors (Lipinski definition) is 0. The smallest absolute Gasteiger partial charge is 0.157 e. The van der Waals surface area contributed by atoms with Gasteiger partial charge in [0.1, 0.15) is 0 Å². The molecule has 0 N–H and O–H groups in total. The first-order chi connectivity index (χ1) is 6.63. The lowest BCUT2D eigenvalue weighted by Gasteiger charge is -2.41. The fourth-order valence-electron chi connectivity index (χ4n) is 1.78. The maximum absolute atomic E-state index is 11.3. The minimum absolute atomic E-state index is 0.122. The maximum Gasteiger partial charge on any atom is 0.157 e. The predicted octanol–water partition coefficient (Wildman–Crippen LogP) is 2.58. The molecule has 0 amide bonds. The Morgan fingerprint density at radius 2 is 2.29 bits per heavy atom. The molecule has 0 aromatic carbocycles. The Bertz CT molecular complexity index is 211. The van der Waals surface area contributed by atoms with Crippen LogP contribution in [0.25, 0.3) is 0 Å². The van der Waals surface area contributed by atoms with Crippen molar-refractivity contribution in [1.82, 2.24) is 0 Å². The van der Waals surface area contributed by atoms with E-state index in [9.17, 15) is 4.79 Å². The first-order valence-corrected chi connectivity index (χ1v) is 5.37. The van der Waals surface area contributed by atoms with Gasteiger partial charge in [-0.15, -0.1) is 0 Å². The summed E-state index contributed by atoms with van der Waals surface area (Å²) in [4.78, 5) is 11.3. The Morgan fingerprint density at radius 1 is 1.64 bits per heavy atom. The fraction of sp³-hybridized carbons (Fsp3) is 0.750. The fourth-order valence-corrected chi connectivity index (χ4v) is 1.78. The monoisotopic (exact) mass is 196 g/mol. The van der Waals surface area contributed by atoms with Crippen molar-refractivity contribution in [3.05, 3.63) is 12.7 Å². The molecule has 2 heteroatoms. The molecule has 0 radical (unpaired) electrons. The summed E-state index contributed by atoms with van der Waals surface area (Å²) in [7, 11) is 0. The Kier molecular flexibility index (Phi) is 3.87. The molecule has 1 rings (SSSR count). The van der Waals surface area contributed by atoms with Gasteiger partial charge in [-0.25, -0.2) is 0 Å². The zero-order chi connectivity index (χ0) is 10.6. The molecule has 1 aliphatic rings. The molecule has 0 saturated carbocycles. The van der Waals surface area contributed by atoms with E-state index >= 15 is 0 Å². The lowest BCUT2D eigenvalue weighted by atomic mass is 9.77. The van der Waals surface area contributed by atoms with Gasteiger partial charge < -0.3 is 4.74 Å². The molecule has 1 saturated heterocycles. The molecule has 0 aromatic heterocycles. The van der Waals surface area contributed by atoms with Gasteiger partial charge in [0.2, 0.25) is 0 Å². The summed E-state index contributed by atoms with van der Waals surface area (Å²) in [6.45, 7) is 9.43. The number of ketones is 1. The number of ether oxygens (including phenoxy) is 1. The quantitative estimate of drug-likeness (QED) is 0.610. The number of hydrogen-bond acceptors (Lipinski definition) is 2. The molecule has 14 heavy (non-hydrogen) atoms. The van der Waals surface area contributed by atoms with E-state index in [0.717, 1.165) is 32.5 Å². The van der Waals surface area contributed by atoms with Crippen molar-refractivity contribution in [3.8, 4) is 0 Å². The number of rotatable bonds is 6. The van der Waals surface area contributed by atoms with Gasteiger partial charge in [-0.05, 0) is 25.3 Å². The van der Waals surface area contributed by atoms with E-state index in [1.54, 1.807) is 0 Å². The molecule has 80 valence electrons. The van der Waals surface area contributed by atoms with Crippen LogP contribution in [-0.2, 0) is 9.53 Å². The Balaban J connectivity index is 2.32. The van der Waals surface area contributed by atoms with Crippen LogP contribution in [0.1, 0.15) is 33.1 Å². The summed E-state index contributed by atoms with van der Waals surface area (Å²) in [5, 5.41) is 0. The molecule has 1 atom stereocenters. The topological polar surface area (TPSA) is 26.3 Å². The zero-order valence-electron chi connectivity index (χ0n) is 9.21. The van der Waals surface area contributed by atoms with E-state index in [1.165, 1.54) is 6.08 Å². The van der Waals surface area contributed by atoms with Gasteiger partial charge in [0.05, 0.1) is 13.2 Å². The molecule has 1 fully saturated rings. The third-order valence-corrected chi connectivity index (χ3v) is 3.36. The lowest BCUT2D eigenvalue weighted by molar-refractivity contribution is -0.126. The molecule has 1 unspecified atom stereocenters. The van der Waals surface area contributed by atoms with Crippen molar-refractivity contribution in [2.45, 2.75) is 33.1 Å². The van der Waals surface area contributed by atoms with Gasteiger partial charge in [0.25, 0.3) is 0 Å². The van der Waals surface area contributed by atoms with Gasteiger partial charge >= 0.3 is 0 Å². The van der Waals surface area contributed by atoms with Crippen molar-refractivity contribution in [2.75, 3.05) is 13.2 Å². The largest absolute Gasteiger partial charge is 0.380 e. The third-order valence-electron chi connectivity index (χ3n) is 3.36. The summed E-state index contributed by atoms with van der Waals surface area (Å²) in [6, 6.07) is 0. The summed E-state index contributed by atoms with van der Waals surface area (Å²) in [5.74, 6) is 0.285. The van der Waals surface area contributed by atoms with E-state index in [0.29, 0.717) is 5.41 Å². The van der Waals surface area contributed by atoms with Crippen LogP contribution in [0, 0.1) is 11.3 Å². The van der Waals surface area contributed by atoms with Crippen LogP contribution in [0.3, 0.4) is 0 Å². The Labute approximate surface area is 86.3 Å². The van der Waals surface area contributed by atoms with Crippen molar-refractivity contribution in [1.29, 1.82) is 0 Å². The maximum atomic E-state index is 11.3. The van der Waals surface area contributed by atoms with Crippen molar-refractivity contribution < 1.29 is 9.53 Å². The highest BCUT2D eigenvalue weighted by molar-refractivity contribution is 5.90. The van der Waals surface area contributed by atoms with Crippen LogP contribution < -0.4 is 0 Å². The molecule has 0 spiro atoms. The summed E-state index contributed by atoms with van der Waals surface area (Å²) < 4.78 is 5.24. The predicted molar refractivity (Wildman–Crippen MR) is 57.1 cm³/mol. The van der Waals surface area contributed by atoms with Crippen LogP contribution in [0.5, 0.6) is 0 Å². The minimum atomic E-state index is 0.122. The highest BCUT2D eigenvalue weighted by Gasteiger charge is 2.36. The molecule has 2 nitrogen and oxygen atoms in total. The van der Waals surface area contributed by atoms with Crippen LogP contribution in [0.15, 0.2) is 12.7 Å². The number of allylic oxidation sites excluding steroid dienone is 1. The Hall–Kier alpha value is -0.630. The van der Waals surface area contributed by atoms with E-state index in [4.69, 9.17) is 4.74 Å².